The quantitative estimate of drug-likeness (QED) is 0.214. The number of aromatic nitrogens is 6. The van der Waals surface area contributed by atoms with Gasteiger partial charge in [0.15, 0.2) is 11.6 Å². The number of rotatable bonds is 4. The van der Waals surface area contributed by atoms with Gasteiger partial charge in [-0.05, 0) is 24.3 Å². The van der Waals surface area contributed by atoms with Crippen molar-refractivity contribution in [2.45, 2.75) is 0 Å². The van der Waals surface area contributed by atoms with Gasteiger partial charge in [-0.15, -0.1) is 0 Å². The largest absolute Gasteiger partial charge is 0.307 e. The summed E-state index contributed by atoms with van der Waals surface area (Å²) in [4.78, 5) is 19.8. The Labute approximate surface area is 252 Å². The van der Waals surface area contributed by atoms with Crippen LogP contribution in [0.4, 0.5) is 0 Å². The van der Waals surface area contributed by atoms with E-state index in [1.165, 1.54) is 5.39 Å². The number of fused-ring (bicyclic) bond motifs is 7. The smallest absolute Gasteiger partial charge is 0.238 e. The zero-order valence-corrected chi connectivity index (χ0v) is 23.5. The summed E-state index contributed by atoms with van der Waals surface area (Å²) in [7, 11) is 0. The molecule has 0 unspecified atom stereocenters. The van der Waals surface area contributed by atoms with E-state index in [-0.39, 0.29) is 0 Å². The van der Waals surface area contributed by atoms with Crippen LogP contribution in [0.5, 0.6) is 0 Å². The predicted molar refractivity (Wildman–Crippen MR) is 177 cm³/mol. The third kappa shape index (κ3) is 3.68. The Bertz CT molecular complexity index is 2420. The molecule has 0 atom stereocenters. The molecule has 206 valence electrons. The average molecular weight is 565 g/mol. The van der Waals surface area contributed by atoms with Gasteiger partial charge in [0.05, 0.1) is 28.3 Å². The first-order chi connectivity index (χ1) is 21.8. The van der Waals surface area contributed by atoms with Gasteiger partial charge >= 0.3 is 0 Å². The molecule has 9 aromatic rings. The molecule has 0 fully saturated rings. The minimum atomic E-state index is 0.545. The summed E-state index contributed by atoms with van der Waals surface area (Å²) in [5, 5.41) is 4.55. The van der Waals surface area contributed by atoms with E-state index in [0.717, 1.165) is 55.0 Å². The summed E-state index contributed by atoms with van der Waals surface area (Å²) in [6.07, 6.45) is 3.76. The molecule has 44 heavy (non-hydrogen) atoms. The molecule has 0 saturated carbocycles. The average Bonchev–Trinajstić information content (AvgIpc) is 3.62. The van der Waals surface area contributed by atoms with Crippen LogP contribution < -0.4 is 0 Å². The van der Waals surface area contributed by atoms with E-state index in [9.17, 15) is 0 Å². The monoisotopic (exact) mass is 564 g/mol. The fraction of sp³-hybridized carbons (Fsp3) is 0. The van der Waals surface area contributed by atoms with Gasteiger partial charge in [-0.2, -0.15) is 9.97 Å². The molecule has 5 aromatic carbocycles. The van der Waals surface area contributed by atoms with Crippen LogP contribution in [0.3, 0.4) is 0 Å². The second-order valence-corrected chi connectivity index (χ2v) is 10.8. The predicted octanol–water partition coefficient (Wildman–Crippen LogP) is 8.79. The Morgan fingerprint density at radius 2 is 0.955 bits per heavy atom. The lowest BCUT2D eigenvalue weighted by atomic mass is 10.1. The maximum absolute atomic E-state index is 5.14. The normalized spacial score (nSPS) is 11.6. The van der Waals surface area contributed by atoms with Crippen molar-refractivity contribution in [2.75, 3.05) is 0 Å². The zero-order chi connectivity index (χ0) is 29.0. The van der Waals surface area contributed by atoms with Gasteiger partial charge in [0.2, 0.25) is 5.95 Å². The third-order valence-electron chi connectivity index (χ3n) is 8.27. The lowest BCUT2D eigenvalue weighted by molar-refractivity contribution is 0.951. The van der Waals surface area contributed by atoms with Gasteiger partial charge in [0.1, 0.15) is 0 Å². The first kappa shape index (κ1) is 24.5. The number of pyridine rings is 1. The lowest BCUT2D eigenvalue weighted by Gasteiger charge is -2.13. The number of hydrogen-bond donors (Lipinski definition) is 0. The fourth-order valence-corrected chi connectivity index (χ4v) is 6.35. The van der Waals surface area contributed by atoms with Gasteiger partial charge in [0, 0.05) is 44.6 Å². The van der Waals surface area contributed by atoms with Crippen molar-refractivity contribution in [3.63, 3.8) is 0 Å². The van der Waals surface area contributed by atoms with E-state index in [4.69, 9.17) is 15.0 Å². The summed E-state index contributed by atoms with van der Waals surface area (Å²) in [6.45, 7) is 0. The van der Waals surface area contributed by atoms with E-state index in [0.29, 0.717) is 17.6 Å². The van der Waals surface area contributed by atoms with Gasteiger partial charge in [0.25, 0.3) is 0 Å². The van der Waals surface area contributed by atoms with E-state index >= 15 is 0 Å². The third-order valence-corrected chi connectivity index (χ3v) is 8.27. The van der Waals surface area contributed by atoms with Crippen molar-refractivity contribution in [1.29, 1.82) is 0 Å². The van der Waals surface area contributed by atoms with Crippen LogP contribution >= 0.6 is 0 Å². The molecule has 0 aliphatic carbocycles. The summed E-state index contributed by atoms with van der Waals surface area (Å²) < 4.78 is 4.52. The molecule has 0 aliphatic rings. The molecular weight excluding hydrogens is 540 g/mol. The number of hydrogen-bond acceptors (Lipinski definition) is 4. The molecule has 0 aliphatic heterocycles. The Kier molecular flexibility index (Phi) is 5.40. The highest BCUT2D eigenvalue weighted by atomic mass is 15.2. The summed E-state index contributed by atoms with van der Waals surface area (Å²) in [5.41, 5.74) is 7.13. The van der Waals surface area contributed by atoms with Crippen LogP contribution in [0, 0.1) is 0 Å². The summed E-state index contributed by atoms with van der Waals surface area (Å²) in [5.74, 6) is 1.77. The lowest BCUT2D eigenvalue weighted by Crippen LogP contribution is -2.07. The second kappa shape index (κ2) is 9.71. The highest BCUT2D eigenvalue weighted by Gasteiger charge is 2.23. The van der Waals surface area contributed by atoms with Crippen LogP contribution in [-0.4, -0.2) is 29.1 Å². The van der Waals surface area contributed by atoms with E-state index in [2.05, 4.69) is 86.9 Å². The number of nitrogens with zero attached hydrogens (tertiary/aromatic N) is 6. The summed E-state index contributed by atoms with van der Waals surface area (Å²) in [6, 6.07) is 45.8. The van der Waals surface area contributed by atoms with Crippen molar-refractivity contribution in [2.24, 2.45) is 0 Å². The first-order valence-electron chi connectivity index (χ1n) is 14.6. The molecule has 9 rings (SSSR count). The standard InChI is InChI=1S/C38H24N6/c1-4-12-25(13-5-1)36-40-37(26-14-6-2-7-15-26)42-38(41-36)44-33-24-39-23-22-29(33)31-21-20-30-28-18-10-11-19-32(28)43(34(30)35(31)44)27-16-8-3-9-17-27/h1-24H. The molecule has 0 N–H and O–H groups in total. The van der Waals surface area contributed by atoms with E-state index in [1.807, 2.05) is 73.1 Å². The van der Waals surface area contributed by atoms with Crippen LogP contribution in [0.15, 0.2) is 146 Å². The maximum Gasteiger partial charge on any atom is 0.238 e. The van der Waals surface area contributed by atoms with Gasteiger partial charge in [-0.1, -0.05) is 109 Å². The zero-order valence-electron chi connectivity index (χ0n) is 23.5. The molecule has 0 radical (unpaired) electrons. The second-order valence-electron chi connectivity index (χ2n) is 10.8. The van der Waals surface area contributed by atoms with Crippen molar-refractivity contribution < 1.29 is 0 Å². The van der Waals surface area contributed by atoms with Crippen LogP contribution in [-0.2, 0) is 0 Å². The highest BCUT2D eigenvalue weighted by Crippen LogP contribution is 2.41. The number of para-hydroxylation sites is 2. The van der Waals surface area contributed by atoms with Crippen LogP contribution in [0.2, 0.25) is 0 Å². The van der Waals surface area contributed by atoms with Gasteiger partial charge in [-0.25, -0.2) is 4.98 Å². The van der Waals surface area contributed by atoms with Gasteiger partial charge in [-0.3, -0.25) is 9.55 Å². The molecule has 6 heteroatoms. The van der Waals surface area contributed by atoms with Crippen molar-refractivity contribution in [3.05, 3.63) is 146 Å². The SMILES string of the molecule is c1ccc(-c2nc(-c3ccccc3)nc(-n3c4cnccc4c4ccc5c6ccccc6n(-c6ccccc6)c5c43)n2)cc1. The molecule has 0 spiro atoms. The highest BCUT2D eigenvalue weighted by molar-refractivity contribution is 6.23. The number of benzene rings is 5. The molecule has 4 aromatic heterocycles. The van der Waals surface area contributed by atoms with Crippen molar-refractivity contribution >= 4 is 43.6 Å². The van der Waals surface area contributed by atoms with E-state index in [1.54, 1.807) is 0 Å². The molecule has 0 bridgehead atoms. The van der Waals surface area contributed by atoms with Crippen molar-refractivity contribution in [1.82, 2.24) is 29.1 Å². The van der Waals surface area contributed by atoms with Crippen LogP contribution in [0.25, 0.3) is 78.0 Å². The Morgan fingerprint density at radius 3 is 1.61 bits per heavy atom. The topological polar surface area (TPSA) is 61.4 Å². The Balaban J connectivity index is 1.48. The first-order valence-corrected chi connectivity index (χ1v) is 14.6. The molecular formula is C38H24N6. The molecule has 0 saturated heterocycles. The molecule has 6 nitrogen and oxygen atoms in total. The van der Waals surface area contributed by atoms with Crippen molar-refractivity contribution in [3.8, 4) is 34.4 Å². The van der Waals surface area contributed by atoms with Crippen LogP contribution in [0.1, 0.15) is 0 Å². The fourth-order valence-electron chi connectivity index (χ4n) is 6.35. The Hall–Kier alpha value is -6.14. The van der Waals surface area contributed by atoms with Gasteiger partial charge < -0.3 is 4.57 Å². The molecule has 4 heterocycles. The Morgan fingerprint density at radius 1 is 0.409 bits per heavy atom. The minimum Gasteiger partial charge on any atom is -0.307 e. The summed E-state index contributed by atoms with van der Waals surface area (Å²) >= 11 is 0. The minimum absolute atomic E-state index is 0.545. The molecule has 0 amide bonds. The maximum atomic E-state index is 5.14. The van der Waals surface area contributed by atoms with E-state index < -0.39 is 0 Å².